The van der Waals surface area contributed by atoms with Crippen LogP contribution in [0.1, 0.15) is 40.0 Å². The maximum absolute atomic E-state index is 11.4. The lowest BCUT2D eigenvalue weighted by atomic mass is 9.76. The zero-order valence-electron chi connectivity index (χ0n) is 10.8. The molecule has 0 aromatic carbocycles. The maximum atomic E-state index is 11.4. The average Bonchev–Trinajstić information content (AvgIpc) is 2.19. The molecule has 0 rings (SSSR count). The van der Waals surface area contributed by atoms with E-state index in [1.165, 1.54) is 0 Å². The molecule has 0 bridgehead atoms. The van der Waals surface area contributed by atoms with E-state index in [4.69, 9.17) is 10.8 Å². The minimum Gasteiger partial charge on any atom is -0.395 e. The van der Waals surface area contributed by atoms with Crippen molar-refractivity contribution in [1.29, 1.82) is 0 Å². The largest absolute Gasteiger partial charge is 0.395 e. The van der Waals surface area contributed by atoms with E-state index in [9.17, 15) is 4.79 Å². The zero-order chi connectivity index (χ0) is 12.6. The Labute approximate surface area is 98.6 Å². The van der Waals surface area contributed by atoms with Crippen LogP contribution >= 0.6 is 0 Å². The van der Waals surface area contributed by atoms with Crippen LogP contribution in [0.3, 0.4) is 0 Å². The van der Waals surface area contributed by atoms with Crippen molar-refractivity contribution >= 4 is 5.91 Å². The molecule has 0 radical (unpaired) electrons. The number of rotatable bonds is 7. The van der Waals surface area contributed by atoms with Gasteiger partial charge in [-0.05, 0) is 30.7 Å². The fraction of sp³-hybridized carbons (Fsp3) is 0.917. The third-order valence-electron chi connectivity index (χ3n) is 2.89. The Morgan fingerprint density at radius 1 is 1.38 bits per heavy atom. The Morgan fingerprint density at radius 2 is 2.00 bits per heavy atom. The number of nitrogens with two attached hydrogens (primary N) is 1. The molecule has 4 heteroatoms. The number of nitrogens with one attached hydrogen (secondary N) is 1. The minimum atomic E-state index is -0.00274. The molecule has 16 heavy (non-hydrogen) atoms. The summed E-state index contributed by atoms with van der Waals surface area (Å²) in [4.78, 5) is 11.4. The first kappa shape index (κ1) is 15.4. The van der Waals surface area contributed by atoms with Gasteiger partial charge >= 0.3 is 0 Å². The minimum absolute atomic E-state index is 0.00274. The fourth-order valence-corrected chi connectivity index (χ4v) is 1.80. The van der Waals surface area contributed by atoms with Gasteiger partial charge in [-0.2, -0.15) is 0 Å². The summed E-state index contributed by atoms with van der Waals surface area (Å²) in [5, 5.41) is 11.2. The van der Waals surface area contributed by atoms with Gasteiger partial charge in [-0.15, -0.1) is 0 Å². The van der Waals surface area contributed by atoms with E-state index in [-0.39, 0.29) is 17.9 Å². The predicted molar refractivity (Wildman–Crippen MR) is 65.9 cm³/mol. The van der Waals surface area contributed by atoms with Crippen molar-refractivity contribution in [2.75, 3.05) is 19.7 Å². The summed E-state index contributed by atoms with van der Waals surface area (Å²) < 4.78 is 0. The molecule has 4 N–H and O–H groups in total. The first-order valence-corrected chi connectivity index (χ1v) is 5.99. The summed E-state index contributed by atoms with van der Waals surface area (Å²) >= 11 is 0. The Balaban J connectivity index is 3.97. The Hall–Kier alpha value is -0.610. The van der Waals surface area contributed by atoms with Gasteiger partial charge < -0.3 is 16.2 Å². The third kappa shape index (κ3) is 6.80. The van der Waals surface area contributed by atoms with Crippen molar-refractivity contribution in [3.05, 3.63) is 0 Å². The molecule has 0 spiro atoms. The van der Waals surface area contributed by atoms with E-state index in [2.05, 4.69) is 26.1 Å². The number of hydrogen-bond acceptors (Lipinski definition) is 3. The van der Waals surface area contributed by atoms with E-state index < -0.39 is 0 Å². The molecule has 0 saturated heterocycles. The number of carbonyl (C=O) groups is 1. The number of aliphatic hydroxyl groups is 1. The van der Waals surface area contributed by atoms with Crippen molar-refractivity contribution < 1.29 is 9.90 Å². The average molecular weight is 230 g/mol. The number of amides is 1. The summed E-state index contributed by atoms with van der Waals surface area (Å²) in [5.41, 5.74) is 5.77. The molecule has 1 atom stereocenters. The molecule has 0 aliphatic heterocycles. The van der Waals surface area contributed by atoms with Crippen LogP contribution in [0.4, 0.5) is 0 Å². The summed E-state index contributed by atoms with van der Waals surface area (Å²) in [7, 11) is 0. The second-order valence-electron chi connectivity index (χ2n) is 5.25. The van der Waals surface area contributed by atoms with E-state index in [1.54, 1.807) is 0 Å². The summed E-state index contributed by atoms with van der Waals surface area (Å²) in [6, 6.07) is 0. The lowest BCUT2D eigenvalue weighted by molar-refractivity contribution is -0.121. The number of hydrogen-bond donors (Lipinski definition) is 3. The molecule has 0 aromatic heterocycles. The Morgan fingerprint density at radius 3 is 2.44 bits per heavy atom. The summed E-state index contributed by atoms with van der Waals surface area (Å²) in [6.07, 6.45) is 2.33. The van der Waals surface area contributed by atoms with Gasteiger partial charge in [0.05, 0.1) is 6.61 Å². The van der Waals surface area contributed by atoms with Crippen LogP contribution in [0.15, 0.2) is 0 Å². The van der Waals surface area contributed by atoms with E-state index >= 15 is 0 Å². The van der Waals surface area contributed by atoms with Crippen LogP contribution in [0.2, 0.25) is 0 Å². The lowest BCUT2D eigenvalue weighted by Gasteiger charge is -2.30. The van der Waals surface area contributed by atoms with E-state index in [1.807, 2.05) is 0 Å². The molecule has 0 aliphatic rings. The van der Waals surface area contributed by atoms with Gasteiger partial charge in [-0.25, -0.2) is 0 Å². The highest BCUT2D eigenvalue weighted by atomic mass is 16.3. The van der Waals surface area contributed by atoms with Crippen molar-refractivity contribution in [2.45, 2.75) is 40.0 Å². The van der Waals surface area contributed by atoms with Crippen LogP contribution in [-0.2, 0) is 4.79 Å². The smallest absolute Gasteiger partial charge is 0.220 e. The molecule has 96 valence electrons. The van der Waals surface area contributed by atoms with Crippen LogP contribution in [0, 0.1) is 11.3 Å². The van der Waals surface area contributed by atoms with E-state index in [0.29, 0.717) is 25.4 Å². The second kappa shape index (κ2) is 7.63. The predicted octanol–water partition coefficient (Wildman–Crippen LogP) is 0.886. The molecular weight excluding hydrogens is 204 g/mol. The van der Waals surface area contributed by atoms with Gasteiger partial charge in [0.2, 0.25) is 5.91 Å². The van der Waals surface area contributed by atoms with Gasteiger partial charge in [0, 0.05) is 13.0 Å². The first-order chi connectivity index (χ1) is 7.41. The van der Waals surface area contributed by atoms with Crippen LogP contribution < -0.4 is 11.1 Å². The quantitative estimate of drug-likeness (QED) is 0.608. The van der Waals surface area contributed by atoms with Crippen LogP contribution in [0.5, 0.6) is 0 Å². The lowest BCUT2D eigenvalue weighted by Crippen LogP contribution is -2.29. The molecule has 1 amide bonds. The highest BCUT2D eigenvalue weighted by molar-refractivity contribution is 5.75. The van der Waals surface area contributed by atoms with Crippen molar-refractivity contribution in [3.8, 4) is 0 Å². The SMILES string of the molecule is CC(C)(C)C(CCN)CCC(=O)NCCO. The van der Waals surface area contributed by atoms with Gasteiger partial charge in [-0.3, -0.25) is 4.79 Å². The van der Waals surface area contributed by atoms with Crippen molar-refractivity contribution in [3.63, 3.8) is 0 Å². The van der Waals surface area contributed by atoms with E-state index in [0.717, 1.165) is 12.8 Å². The molecule has 0 aromatic rings. The maximum Gasteiger partial charge on any atom is 0.220 e. The number of carbonyl (C=O) groups excluding carboxylic acids is 1. The highest BCUT2D eigenvalue weighted by Gasteiger charge is 2.24. The molecular formula is C12H26N2O2. The Kier molecular flexibility index (Phi) is 7.34. The Bertz CT molecular complexity index is 200. The van der Waals surface area contributed by atoms with Gasteiger partial charge in [-0.1, -0.05) is 20.8 Å². The molecule has 0 fully saturated rings. The monoisotopic (exact) mass is 230 g/mol. The normalized spacial score (nSPS) is 13.6. The topological polar surface area (TPSA) is 75.4 Å². The second-order valence-corrected chi connectivity index (χ2v) is 5.25. The van der Waals surface area contributed by atoms with Gasteiger partial charge in [0.1, 0.15) is 0 Å². The summed E-state index contributed by atoms with van der Waals surface area (Å²) in [6.45, 7) is 7.55. The fourth-order valence-electron chi connectivity index (χ4n) is 1.80. The third-order valence-corrected chi connectivity index (χ3v) is 2.89. The molecule has 0 aliphatic carbocycles. The highest BCUT2D eigenvalue weighted by Crippen LogP contribution is 2.31. The molecule has 4 nitrogen and oxygen atoms in total. The zero-order valence-corrected chi connectivity index (χ0v) is 10.8. The molecule has 1 unspecified atom stereocenters. The summed E-state index contributed by atoms with van der Waals surface area (Å²) in [5.74, 6) is 0.484. The molecule has 0 saturated carbocycles. The standard InChI is InChI=1S/C12H26N2O2/c1-12(2,3)10(6-7-13)4-5-11(16)14-8-9-15/h10,15H,4-9,13H2,1-3H3,(H,14,16). The van der Waals surface area contributed by atoms with Crippen molar-refractivity contribution in [1.82, 2.24) is 5.32 Å². The van der Waals surface area contributed by atoms with Gasteiger partial charge in [0.15, 0.2) is 0 Å². The van der Waals surface area contributed by atoms with Crippen molar-refractivity contribution in [2.24, 2.45) is 17.1 Å². The molecule has 0 heterocycles. The van der Waals surface area contributed by atoms with Gasteiger partial charge in [0.25, 0.3) is 0 Å². The van der Waals surface area contributed by atoms with Crippen LogP contribution in [0.25, 0.3) is 0 Å². The number of aliphatic hydroxyl groups excluding tert-OH is 1. The first-order valence-electron chi connectivity index (χ1n) is 5.99. The van der Waals surface area contributed by atoms with Crippen LogP contribution in [-0.4, -0.2) is 30.7 Å².